The van der Waals surface area contributed by atoms with Gasteiger partial charge in [0.15, 0.2) is 5.43 Å². The highest BCUT2D eigenvalue weighted by molar-refractivity contribution is 9.10. The summed E-state index contributed by atoms with van der Waals surface area (Å²) in [6.45, 7) is 2.05. The monoisotopic (exact) mass is 436 g/mol. The van der Waals surface area contributed by atoms with E-state index in [4.69, 9.17) is 16.3 Å². The van der Waals surface area contributed by atoms with Crippen LogP contribution in [0.15, 0.2) is 39.6 Å². The minimum absolute atomic E-state index is 0.00999. The zero-order valence-corrected chi connectivity index (χ0v) is 17.0. The molecule has 0 saturated heterocycles. The van der Waals surface area contributed by atoms with E-state index in [2.05, 4.69) is 15.9 Å². The van der Waals surface area contributed by atoms with Crippen molar-refractivity contribution >= 4 is 61.0 Å². The number of fused-ring (bicyclic) bond motifs is 2. The molecule has 0 bridgehead atoms. The maximum Gasteiger partial charge on any atom is 0.325 e. The molecular weight excluding hydrogens is 420 g/mol. The Labute approximate surface area is 164 Å². The van der Waals surface area contributed by atoms with Crippen LogP contribution in [0.1, 0.15) is 6.92 Å². The predicted molar refractivity (Wildman–Crippen MR) is 109 cm³/mol. The van der Waals surface area contributed by atoms with Crippen LogP contribution in [0, 0.1) is 0 Å². The van der Waals surface area contributed by atoms with Crippen molar-refractivity contribution in [3.63, 3.8) is 0 Å². The number of pyridine rings is 1. The summed E-state index contributed by atoms with van der Waals surface area (Å²) in [6.07, 6.45) is 0. The highest BCUT2D eigenvalue weighted by atomic mass is 79.9. The van der Waals surface area contributed by atoms with Crippen LogP contribution in [0.25, 0.3) is 21.8 Å². The molecule has 7 heteroatoms. The van der Waals surface area contributed by atoms with Gasteiger partial charge in [-0.15, -0.1) is 0 Å². The predicted octanol–water partition coefficient (Wildman–Crippen LogP) is 4.20. The average Bonchev–Trinajstić information content (AvgIpc) is 2.58. The molecule has 1 heterocycles. The molecule has 0 atom stereocenters. The topological polar surface area (TPSA) is 51.5 Å². The first-order valence-corrected chi connectivity index (χ1v) is 9.29. The molecular formula is C19H18BrClN2O3. The molecule has 0 saturated carbocycles. The lowest BCUT2D eigenvalue weighted by atomic mass is 10.1. The Morgan fingerprint density at radius 2 is 1.96 bits per heavy atom. The van der Waals surface area contributed by atoms with E-state index in [9.17, 15) is 9.59 Å². The van der Waals surface area contributed by atoms with Crippen LogP contribution >= 0.6 is 27.5 Å². The first-order valence-electron chi connectivity index (χ1n) is 8.12. The fourth-order valence-electron chi connectivity index (χ4n) is 3.13. The van der Waals surface area contributed by atoms with Crippen LogP contribution in [0.5, 0.6) is 0 Å². The number of anilines is 1. The maximum atomic E-state index is 13.1. The first-order chi connectivity index (χ1) is 12.3. The Kier molecular flexibility index (Phi) is 5.25. The molecule has 26 heavy (non-hydrogen) atoms. The van der Waals surface area contributed by atoms with Crippen molar-refractivity contribution in [2.24, 2.45) is 0 Å². The number of benzene rings is 2. The number of aromatic nitrogens is 1. The lowest BCUT2D eigenvalue weighted by Crippen LogP contribution is -2.21. The number of carbonyl (C=O) groups excluding carboxylic acids is 1. The summed E-state index contributed by atoms with van der Waals surface area (Å²) in [7, 11) is 3.71. The van der Waals surface area contributed by atoms with Gasteiger partial charge >= 0.3 is 5.97 Å². The Bertz CT molecular complexity index is 1080. The third-order valence-corrected chi connectivity index (χ3v) is 4.95. The van der Waals surface area contributed by atoms with Gasteiger partial charge in [-0.3, -0.25) is 9.59 Å². The Morgan fingerprint density at radius 1 is 1.23 bits per heavy atom. The van der Waals surface area contributed by atoms with Gasteiger partial charge < -0.3 is 14.2 Å². The van der Waals surface area contributed by atoms with Gasteiger partial charge in [0, 0.05) is 29.3 Å². The van der Waals surface area contributed by atoms with Crippen LogP contribution in [0.4, 0.5) is 5.69 Å². The zero-order valence-electron chi connectivity index (χ0n) is 14.7. The van der Waals surface area contributed by atoms with Gasteiger partial charge in [-0.1, -0.05) is 27.5 Å². The summed E-state index contributed by atoms with van der Waals surface area (Å²) in [4.78, 5) is 27.2. The van der Waals surface area contributed by atoms with Gasteiger partial charge in [0.25, 0.3) is 0 Å². The largest absolute Gasteiger partial charge is 0.465 e. The van der Waals surface area contributed by atoms with Crippen LogP contribution in [-0.2, 0) is 16.1 Å². The average molecular weight is 438 g/mol. The number of carbonyl (C=O) groups is 1. The minimum Gasteiger partial charge on any atom is -0.465 e. The minimum atomic E-state index is -0.369. The van der Waals surface area contributed by atoms with Crippen molar-refractivity contribution in [2.75, 3.05) is 25.6 Å². The Morgan fingerprint density at radius 3 is 2.62 bits per heavy atom. The van der Waals surface area contributed by atoms with Crippen molar-refractivity contribution < 1.29 is 9.53 Å². The van der Waals surface area contributed by atoms with E-state index in [-0.39, 0.29) is 17.9 Å². The smallest absolute Gasteiger partial charge is 0.325 e. The van der Waals surface area contributed by atoms with Crippen molar-refractivity contribution in [3.05, 3.63) is 50.1 Å². The van der Waals surface area contributed by atoms with Gasteiger partial charge in [0.1, 0.15) is 6.54 Å². The molecule has 1 aromatic heterocycles. The van der Waals surface area contributed by atoms with Gasteiger partial charge in [0.2, 0.25) is 0 Å². The first kappa shape index (κ1) is 18.7. The van der Waals surface area contributed by atoms with Gasteiger partial charge in [-0.05, 0) is 37.3 Å². The number of hydrogen-bond acceptors (Lipinski definition) is 4. The molecule has 0 radical (unpaired) electrons. The van der Waals surface area contributed by atoms with Crippen molar-refractivity contribution in [1.29, 1.82) is 0 Å². The zero-order chi connectivity index (χ0) is 19.0. The molecule has 0 unspecified atom stereocenters. The summed E-state index contributed by atoms with van der Waals surface area (Å²) >= 11 is 9.83. The number of halogens is 2. The highest BCUT2D eigenvalue weighted by Crippen LogP contribution is 2.34. The maximum absolute atomic E-state index is 13.1. The van der Waals surface area contributed by atoms with E-state index < -0.39 is 0 Å². The fourth-order valence-corrected chi connectivity index (χ4v) is 3.81. The summed E-state index contributed by atoms with van der Waals surface area (Å²) in [5.74, 6) is -0.369. The van der Waals surface area contributed by atoms with E-state index in [1.165, 1.54) is 0 Å². The van der Waals surface area contributed by atoms with E-state index in [0.717, 1.165) is 4.47 Å². The quantitative estimate of drug-likeness (QED) is 0.453. The van der Waals surface area contributed by atoms with Crippen LogP contribution in [0.2, 0.25) is 5.02 Å². The summed E-state index contributed by atoms with van der Waals surface area (Å²) in [5.41, 5.74) is 1.87. The second-order valence-electron chi connectivity index (χ2n) is 6.07. The molecule has 0 fully saturated rings. The molecule has 0 N–H and O–H groups in total. The summed E-state index contributed by atoms with van der Waals surface area (Å²) < 4.78 is 7.73. The lowest BCUT2D eigenvalue weighted by Gasteiger charge is -2.22. The van der Waals surface area contributed by atoms with Crippen molar-refractivity contribution in [1.82, 2.24) is 4.57 Å². The SMILES string of the molecule is CCOC(=O)Cn1c2ccc(Br)cc2c(=O)c2ccc(Cl)c(N(C)C)c21. The van der Waals surface area contributed by atoms with Gasteiger partial charge in [-0.2, -0.15) is 0 Å². The van der Waals surface area contributed by atoms with E-state index in [0.29, 0.717) is 39.1 Å². The third kappa shape index (κ3) is 3.19. The van der Waals surface area contributed by atoms with E-state index in [1.807, 2.05) is 31.1 Å². The standard InChI is InChI=1S/C19H18BrClN2O3/c1-4-26-16(24)10-23-15-8-5-11(20)9-13(15)19(25)12-6-7-14(21)18(17(12)23)22(2)3/h5-9H,4,10H2,1-3H3. The Hall–Kier alpha value is -2.05. The molecule has 0 amide bonds. The third-order valence-electron chi connectivity index (χ3n) is 4.15. The summed E-state index contributed by atoms with van der Waals surface area (Å²) in [5, 5.41) is 1.55. The molecule has 2 aromatic carbocycles. The van der Waals surface area contributed by atoms with Gasteiger partial charge in [0.05, 0.1) is 28.4 Å². The van der Waals surface area contributed by atoms with Crippen LogP contribution in [0.3, 0.4) is 0 Å². The van der Waals surface area contributed by atoms with Crippen molar-refractivity contribution in [3.8, 4) is 0 Å². The number of ether oxygens (including phenoxy) is 1. The van der Waals surface area contributed by atoms with E-state index >= 15 is 0 Å². The molecule has 0 aliphatic rings. The molecule has 0 spiro atoms. The van der Waals surface area contributed by atoms with E-state index in [1.54, 1.807) is 29.7 Å². The summed E-state index contributed by atoms with van der Waals surface area (Å²) in [6, 6.07) is 8.84. The second-order valence-corrected chi connectivity index (χ2v) is 7.39. The molecule has 136 valence electrons. The number of rotatable bonds is 4. The van der Waals surface area contributed by atoms with Crippen molar-refractivity contribution in [2.45, 2.75) is 13.5 Å². The molecule has 0 aliphatic heterocycles. The normalized spacial score (nSPS) is 11.1. The molecule has 0 aliphatic carbocycles. The molecule has 3 aromatic rings. The number of hydrogen-bond donors (Lipinski definition) is 0. The van der Waals surface area contributed by atoms with Gasteiger partial charge in [-0.25, -0.2) is 0 Å². The molecule has 3 rings (SSSR count). The highest BCUT2D eigenvalue weighted by Gasteiger charge is 2.19. The fraction of sp³-hybridized carbons (Fsp3) is 0.263. The number of nitrogens with zero attached hydrogens (tertiary/aromatic N) is 2. The lowest BCUT2D eigenvalue weighted by molar-refractivity contribution is -0.143. The van der Waals surface area contributed by atoms with Crippen LogP contribution < -0.4 is 10.3 Å². The second kappa shape index (κ2) is 7.29. The van der Waals surface area contributed by atoms with Crippen LogP contribution in [-0.4, -0.2) is 31.2 Å². The number of esters is 1. The molecule has 5 nitrogen and oxygen atoms in total. The Balaban J connectivity index is 2.51.